The lowest BCUT2D eigenvalue weighted by molar-refractivity contribution is 0.0519. The molecular weight excluding hydrogens is 227 g/mol. The Kier molecular flexibility index (Phi) is 3.70. The number of hydrogen-bond acceptors (Lipinski definition) is 3. The summed E-state index contributed by atoms with van der Waals surface area (Å²) in [7, 11) is 0. The van der Waals surface area contributed by atoms with E-state index in [1.165, 1.54) is 6.92 Å². The zero-order valence-electron chi connectivity index (χ0n) is 8.22. The molecule has 16 heavy (non-hydrogen) atoms. The first kappa shape index (κ1) is 12.3. The van der Waals surface area contributed by atoms with Crippen LogP contribution in [0, 0.1) is 5.82 Å². The fourth-order valence-electron chi connectivity index (χ4n) is 1.08. The van der Waals surface area contributed by atoms with Gasteiger partial charge in [-0.25, -0.2) is 18.0 Å². The van der Waals surface area contributed by atoms with Crippen LogP contribution in [0.3, 0.4) is 0 Å². The van der Waals surface area contributed by atoms with Gasteiger partial charge < -0.3 is 9.72 Å². The standard InChI is InChI=1S/C9H8F3NO3/c1-2-16-9(15)4-3-13-8(14)5(6(4)10)7(11)12/h3,7H,2H2,1H3,(H,13,14). The van der Waals surface area contributed by atoms with Gasteiger partial charge in [0.1, 0.15) is 11.1 Å². The SMILES string of the molecule is CCOC(=O)c1c[nH]c(=O)c(C(F)F)c1F. The number of H-pyrrole nitrogens is 1. The van der Waals surface area contributed by atoms with Crippen molar-refractivity contribution >= 4 is 5.97 Å². The maximum Gasteiger partial charge on any atom is 0.342 e. The van der Waals surface area contributed by atoms with Crippen LogP contribution in [0.15, 0.2) is 11.0 Å². The van der Waals surface area contributed by atoms with Gasteiger partial charge in [-0.3, -0.25) is 4.79 Å². The van der Waals surface area contributed by atoms with E-state index in [0.29, 0.717) is 6.20 Å². The third kappa shape index (κ3) is 2.23. The molecule has 0 aliphatic carbocycles. The quantitative estimate of drug-likeness (QED) is 0.810. The van der Waals surface area contributed by atoms with Crippen LogP contribution < -0.4 is 5.56 Å². The van der Waals surface area contributed by atoms with Gasteiger partial charge in [0.15, 0.2) is 5.82 Å². The summed E-state index contributed by atoms with van der Waals surface area (Å²) in [6, 6.07) is 0. The van der Waals surface area contributed by atoms with Gasteiger partial charge in [-0.2, -0.15) is 0 Å². The second-order valence-electron chi connectivity index (χ2n) is 2.78. The van der Waals surface area contributed by atoms with Crippen molar-refractivity contribution in [3.63, 3.8) is 0 Å². The Hall–Kier alpha value is -1.79. The fourth-order valence-corrected chi connectivity index (χ4v) is 1.08. The van der Waals surface area contributed by atoms with E-state index in [9.17, 15) is 22.8 Å². The summed E-state index contributed by atoms with van der Waals surface area (Å²) in [5.41, 5.74) is -3.33. The molecule has 0 aliphatic rings. The van der Waals surface area contributed by atoms with E-state index in [1.54, 1.807) is 0 Å². The summed E-state index contributed by atoms with van der Waals surface area (Å²) in [5.74, 6) is -2.64. The highest BCUT2D eigenvalue weighted by Gasteiger charge is 2.24. The number of aromatic amines is 1. The molecular formula is C9H8F3NO3. The van der Waals surface area contributed by atoms with Crippen LogP contribution in [-0.4, -0.2) is 17.6 Å². The van der Waals surface area contributed by atoms with Crippen LogP contribution in [0.1, 0.15) is 29.3 Å². The highest BCUT2D eigenvalue weighted by Crippen LogP contribution is 2.20. The summed E-state index contributed by atoms with van der Waals surface area (Å²) < 4.78 is 42.4. The van der Waals surface area contributed by atoms with Crippen molar-refractivity contribution in [2.45, 2.75) is 13.3 Å². The van der Waals surface area contributed by atoms with E-state index < -0.39 is 34.9 Å². The lowest BCUT2D eigenvalue weighted by Crippen LogP contribution is -2.20. The Balaban J connectivity index is 3.29. The zero-order valence-corrected chi connectivity index (χ0v) is 8.22. The number of pyridine rings is 1. The van der Waals surface area contributed by atoms with Crippen LogP contribution in [0.25, 0.3) is 0 Å². The molecule has 0 saturated carbocycles. The van der Waals surface area contributed by atoms with E-state index in [4.69, 9.17) is 0 Å². The molecule has 0 aliphatic heterocycles. The van der Waals surface area contributed by atoms with Crippen LogP contribution in [0.4, 0.5) is 13.2 Å². The molecule has 0 fully saturated rings. The molecule has 7 heteroatoms. The van der Waals surface area contributed by atoms with Crippen molar-refractivity contribution in [1.29, 1.82) is 0 Å². The van der Waals surface area contributed by atoms with Gasteiger partial charge in [0.2, 0.25) is 0 Å². The number of rotatable bonds is 3. The predicted octanol–water partition coefficient (Wildman–Crippen LogP) is 1.63. The molecule has 0 saturated heterocycles. The molecule has 4 nitrogen and oxygen atoms in total. The minimum atomic E-state index is -3.29. The molecule has 0 amide bonds. The van der Waals surface area contributed by atoms with Crippen molar-refractivity contribution in [3.05, 3.63) is 33.5 Å². The first-order valence-electron chi connectivity index (χ1n) is 4.35. The minimum Gasteiger partial charge on any atom is -0.462 e. The molecule has 88 valence electrons. The van der Waals surface area contributed by atoms with E-state index in [0.717, 1.165) is 0 Å². The maximum absolute atomic E-state index is 13.4. The molecule has 0 unspecified atom stereocenters. The topological polar surface area (TPSA) is 59.2 Å². The predicted molar refractivity (Wildman–Crippen MR) is 47.9 cm³/mol. The Bertz CT molecular complexity index is 456. The second kappa shape index (κ2) is 4.82. The second-order valence-corrected chi connectivity index (χ2v) is 2.78. The number of nitrogens with one attached hydrogen (secondary N) is 1. The van der Waals surface area contributed by atoms with Crippen LogP contribution in [0.5, 0.6) is 0 Å². The van der Waals surface area contributed by atoms with E-state index in [-0.39, 0.29) is 6.61 Å². The molecule has 1 rings (SSSR count). The lowest BCUT2D eigenvalue weighted by Gasteiger charge is -2.05. The maximum atomic E-state index is 13.4. The molecule has 1 N–H and O–H groups in total. The highest BCUT2D eigenvalue weighted by molar-refractivity contribution is 5.89. The smallest absolute Gasteiger partial charge is 0.342 e. The average Bonchev–Trinajstić information content (AvgIpc) is 2.17. The number of carbonyl (C=O) groups excluding carboxylic acids is 1. The number of hydrogen-bond donors (Lipinski definition) is 1. The van der Waals surface area contributed by atoms with E-state index >= 15 is 0 Å². The van der Waals surface area contributed by atoms with Gasteiger partial charge in [-0.15, -0.1) is 0 Å². The van der Waals surface area contributed by atoms with Crippen LogP contribution in [0.2, 0.25) is 0 Å². The van der Waals surface area contributed by atoms with E-state index in [2.05, 4.69) is 4.74 Å². The number of alkyl halides is 2. The van der Waals surface area contributed by atoms with Gasteiger partial charge in [0.05, 0.1) is 6.61 Å². The van der Waals surface area contributed by atoms with Crippen molar-refractivity contribution in [3.8, 4) is 0 Å². The fraction of sp³-hybridized carbons (Fsp3) is 0.333. The van der Waals surface area contributed by atoms with Crippen LogP contribution in [-0.2, 0) is 4.74 Å². The largest absolute Gasteiger partial charge is 0.462 e. The van der Waals surface area contributed by atoms with E-state index in [1.807, 2.05) is 4.98 Å². The highest BCUT2D eigenvalue weighted by atomic mass is 19.3. The molecule has 0 spiro atoms. The molecule has 0 radical (unpaired) electrons. The van der Waals surface area contributed by atoms with Gasteiger partial charge in [0.25, 0.3) is 12.0 Å². The molecule has 1 aromatic heterocycles. The zero-order chi connectivity index (χ0) is 12.3. The summed E-state index contributed by atoms with van der Waals surface area (Å²) >= 11 is 0. The first-order valence-corrected chi connectivity index (χ1v) is 4.35. The molecule has 0 bridgehead atoms. The van der Waals surface area contributed by atoms with Gasteiger partial charge in [-0.1, -0.05) is 0 Å². The Morgan fingerprint density at radius 3 is 2.69 bits per heavy atom. The third-order valence-electron chi connectivity index (χ3n) is 1.78. The van der Waals surface area contributed by atoms with Gasteiger partial charge >= 0.3 is 5.97 Å². The van der Waals surface area contributed by atoms with Gasteiger partial charge in [0, 0.05) is 6.20 Å². The normalized spacial score (nSPS) is 10.6. The molecule has 1 aromatic rings. The lowest BCUT2D eigenvalue weighted by atomic mass is 10.2. The van der Waals surface area contributed by atoms with Crippen molar-refractivity contribution in [2.75, 3.05) is 6.61 Å². The minimum absolute atomic E-state index is 0.0264. The van der Waals surface area contributed by atoms with Crippen molar-refractivity contribution < 1.29 is 22.7 Å². The number of carbonyl (C=O) groups is 1. The average molecular weight is 235 g/mol. The Morgan fingerprint density at radius 1 is 1.56 bits per heavy atom. The first-order chi connectivity index (χ1) is 7.49. The summed E-state index contributed by atoms with van der Waals surface area (Å²) in [6.07, 6.45) is -2.58. The monoisotopic (exact) mass is 235 g/mol. The molecule has 0 aromatic carbocycles. The Labute approximate surface area is 88.0 Å². The van der Waals surface area contributed by atoms with Gasteiger partial charge in [-0.05, 0) is 6.92 Å². The summed E-state index contributed by atoms with van der Waals surface area (Å²) in [5, 5.41) is 0. The number of ether oxygens (including phenoxy) is 1. The Morgan fingerprint density at radius 2 is 2.19 bits per heavy atom. The third-order valence-corrected chi connectivity index (χ3v) is 1.78. The van der Waals surface area contributed by atoms with Crippen molar-refractivity contribution in [1.82, 2.24) is 4.98 Å². The number of halogens is 3. The molecule has 1 heterocycles. The van der Waals surface area contributed by atoms with Crippen molar-refractivity contribution in [2.24, 2.45) is 0 Å². The van der Waals surface area contributed by atoms with Crippen LogP contribution >= 0.6 is 0 Å². The summed E-state index contributed by atoms with van der Waals surface area (Å²) in [4.78, 5) is 23.9. The number of esters is 1. The molecule has 0 atom stereocenters. The number of aromatic nitrogens is 1. The summed E-state index contributed by atoms with van der Waals surface area (Å²) in [6.45, 7) is 1.46.